The molecule has 2 amide bonds. The van der Waals surface area contributed by atoms with Crippen LogP contribution in [0.25, 0.3) is 10.6 Å². The predicted molar refractivity (Wildman–Crippen MR) is 152 cm³/mol. The molecule has 2 heterocycles. The summed E-state index contributed by atoms with van der Waals surface area (Å²) in [5.74, 6) is 0.0768. The molecule has 11 nitrogen and oxygen atoms in total. The average Bonchev–Trinajstić information content (AvgIpc) is 3.64. The molecule has 218 valence electrons. The van der Waals surface area contributed by atoms with Crippen LogP contribution in [0.2, 0.25) is 0 Å². The second-order valence-electron chi connectivity index (χ2n) is 10.7. The van der Waals surface area contributed by atoms with Crippen molar-refractivity contribution in [1.29, 1.82) is 0 Å². The second kappa shape index (κ2) is 12.5. The minimum absolute atomic E-state index is 0.0121. The number of pyridine rings is 1. The van der Waals surface area contributed by atoms with Crippen molar-refractivity contribution in [2.75, 3.05) is 13.7 Å². The minimum atomic E-state index is -1.16. The maximum Gasteiger partial charge on any atom is 0.408 e. The molecule has 0 bridgehead atoms. The fourth-order valence-corrected chi connectivity index (χ4v) is 4.89. The Balaban J connectivity index is 1.62. The molecule has 1 fully saturated rings. The normalized spacial score (nSPS) is 13.7. The summed E-state index contributed by atoms with van der Waals surface area (Å²) in [6, 6.07) is 9.41. The number of carbonyl (C=O) groups is 3. The number of ether oxygens (including phenoxy) is 3. The third-order valence-corrected chi connectivity index (χ3v) is 7.32. The number of amides is 2. The van der Waals surface area contributed by atoms with E-state index in [1.807, 2.05) is 12.1 Å². The van der Waals surface area contributed by atoms with E-state index in [0.717, 1.165) is 18.4 Å². The van der Waals surface area contributed by atoms with Crippen LogP contribution >= 0.6 is 11.3 Å². The Labute approximate surface area is 242 Å². The molecule has 3 aromatic rings. The van der Waals surface area contributed by atoms with E-state index >= 15 is 0 Å². The van der Waals surface area contributed by atoms with E-state index in [-0.39, 0.29) is 17.9 Å². The van der Waals surface area contributed by atoms with Gasteiger partial charge in [0.15, 0.2) is 11.5 Å². The van der Waals surface area contributed by atoms with Gasteiger partial charge in [-0.25, -0.2) is 19.6 Å². The number of aromatic carboxylic acids is 1. The number of alkyl carbamates (subject to hydrolysis) is 1. The number of thiazole rings is 1. The van der Waals surface area contributed by atoms with Crippen molar-refractivity contribution in [3.63, 3.8) is 0 Å². The summed E-state index contributed by atoms with van der Waals surface area (Å²) in [5.41, 5.74) is 0.410. The van der Waals surface area contributed by atoms with Crippen LogP contribution in [-0.2, 0) is 11.3 Å². The Morgan fingerprint density at radius 1 is 1.12 bits per heavy atom. The highest BCUT2D eigenvalue weighted by Gasteiger charge is 2.27. The zero-order chi connectivity index (χ0) is 29.7. The van der Waals surface area contributed by atoms with E-state index in [4.69, 9.17) is 14.2 Å². The summed E-state index contributed by atoms with van der Waals surface area (Å²) in [6.07, 6.45) is 1.67. The first kappa shape index (κ1) is 29.8. The van der Waals surface area contributed by atoms with E-state index in [1.165, 1.54) is 17.4 Å². The second-order valence-corrected chi connectivity index (χ2v) is 11.8. The zero-order valence-corrected chi connectivity index (χ0v) is 24.5. The first-order valence-corrected chi connectivity index (χ1v) is 14.0. The fourth-order valence-electron chi connectivity index (χ4n) is 3.83. The van der Waals surface area contributed by atoms with E-state index in [0.29, 0.717) is 39.6 Å². The Morgan fingerprint density at radius 3 is 2.54 bits per heavy atom. The molecule has 2 aromatic heterocycles. The maximum absolute atomic E-state index is 13.4. The molecule has 1 aliphatic rings. The van der Waals surface area contributed by atoms with Crippen molar-refractivity contribution in [3.8, 4) is 22.1 Å². The summed E-state index contributed by atoms with van der Waals surface area (Å²) >= 11 is 1.26. The molecule has 0 radical (unpaired) electrons. The van der Waals surface area contributed by atoms with E-state index in [1.54, 1.807) is 53.0 Å². The highest BCUT2D eigenvalue weighted by molar-refractivity contribution is 7.15. The summed E-state index contributed by atoms with van der Waals surface area (Å²) < 4.78 is 16.9. The average molecular weight is 583 g/mol. The maximum atomic E-state index is 13.4. The van der Waals surface area contributed by atoms with Gasteiger partial charge in [0.25, 0.3) is 5.91 Å². The Hall–Kier alpha value is -4.19. The van der Waals surface area contributed by atoms with Gasteiger partial charge in [0.2, 0.25) is 0 Å². The number of rotatable bonds is 11. The number of carboxylic acids is 1. The molecule has 4 rings (SSSR count). The fraction of sp³-hybridized carbons (Fsp3) is 0.414. The van der Waals surface area contributed by atoms with Crippen LogP contribution in [-0.4, -0.2) is 52.4 Å². The number of hydrogen-bond donors (Lipinski definition) is 3. The molecule has 12 heteroatoms. The van der Waals surface area contributed by atoms with Gasteiger partial charge in [0.05, 0.1) is 36.9 Å². The van der Waals surface area contributed by atoms with Crippen molar-refractivity contribution >= 4 is 29.3 Å². The van der Waals surface area contributed by atoms with E-state index < -0.39 is 29.6 Å². The van der Waals surface area contributed by atoms with Crippen LogP contribution in [0.5, 0.6) is 11.5 Å². The molecule has 0 aliphatic heterocycles. The highest BCUT2D eigenvalue weighted by Crippen LogP contribution is 2.38. The largest absolute Gasteiger partial charge is 0.493 e. The van der Waals surface area contributed by atoms with Crippen molar-refractivity contribution in [2.24, 2.45) is 5.92 Å². The number of carbonyl (C=O) groups excluding carboxylic acids is 2. The zero-order valence-electron chi connectivity index (χ0n) is 23.6. The lowest BCUT2D eigenvalue weighted by molar-refractivity contribution is 0.0507. The van der Waals surface area contributed by atoms with Gasteiger partial charge >= 0.3 is 12.1 Å². The number of nitrogens with one attached hydrogen (secondary N) is 2. The molecule has 3 N–H and O–H groups in total. The van der Waals surface area contributed by atoms with Crippen molar-refractivity contribution in [3.05, 3.63) is 58.4 Å². The van der Waals surface area contributed by atoms with Crippen molar-refractivity contribution in [1.82, 2.24) is 20.6 Å². The third kappa shape index (κ3) is 8.16. The number of methoxy groups -OCH3 is 1. The summed E-state index contributed by atoms with van der Waals surface area (Å²) in [6.45, 7) is 7.63. The molecule has 1 aromatic carbocycles. The molecule has 0 unspecified atom stereocenters. The minimum Gasteiger partial charge on any atom is -0.493 e. The van der Waals surface area contributed by atoms with Gasteiger partial charge in [0, 0.05) is 5.56 Å². The Morgan fingerprint density at radius 2 is 1.88 bits per heavy atom. The van der Waals surface area contributed by atoms with Gasteiger partial charge in [-0.2, -0.15) is 0 Å². The van der Waals surface area contributed by atoms with Crippen molar-refractivity contribution in [2.45, 2.75) is 58.7 Å². The van der Waals surface area contributed by atoms with Crippen LogP contribution in [0.15, 0.2) is 36.4 Å². The number of aromatic nitrogens is 2. The number of hydrogen-bond acceptors (Lipinski definition) is 9. The SMILES string of the molecule is COc1ccc(-c2nc(C(=O)NCc3cccc(C(=O)O)n3)c([C@H](C)NC(=O)OC(C)(C)C)s2)cc1OCC1CC1. The highest BCUT2D eigenvalue weighted by atomic mass is 32.1. The monoisotopic (exact) mass is 582 g/mol. The number of carboxylic acid groups (broad SMARTS) is 1. The molecule has 1 saturated carbocycles. The van der Waals surface area contributed by atoms with Crippen LogP contribution in [0.4, 0.5) is 4.79 Å². The molecule has 1 atom stereocenters. The van der Waals surface area contributed by atoms with Crippen LogP contribution in [0, 0.1) is 5.92 Å². The standard InChI is InChI=1S/C29H34N4O7S/c1-16(31-28(37)40-29(2,3)4)24-23(25(34)30-14-19-7-6-8-20(32-19)27(35)36)33-26(41-24)18-11-12-21(38-5)22(13-18)39-15-17-9-10-17/h6-8,11-13,16-17H,9-10,14-15H2,1-5H3,(H,30,34)(H,31,37)(H,35,36)/t16-/m0/s1. The Bertz CT molecular complexity index is 1430. The lowest BCUT2D eigenvalue weighted by atomic mass is 10.2. The van der Waals surface area contributed by atoms with Gasteiger partial charge in [0.1, 0.15) is 22.0 Å². The first-order chi connectivity index (χ1) is 19.4. The lowest BCUT2D eigenvalue weighted by Gasteiger charge is -2.21. The third-order valence-electron chi connectivity index (χ3n) is 6.03. The van der Waals surface area contributed by atoms with E-state index in [9.17, 15) is 19.5 Å². The van der Waals surface area contributed by atoms with Gasteiger partial charge in [-0.1, -0.05) is 6.07 Å². The smallest absolute Gasteiger partial charge is 0.408 e. The predicted octanol–water partition coefficient (Wildman–Crippen LogP) is 5.22. The topological polar surface area (TPSA) is 149 Å². The number of benzene rings is 1. The van der Waals surface area contributed by atoms with Crippen LogP contribution in [0.1, 0.15) is 78.1 Å². The van der Waals surface area contributed by atoms with Gasteiger partial charge in [-0.3, -0.25) is 4.79 Å². The molecule has 0 spiro atoms. The lowest BCUT2D eigenvalue weighted by Crippen LogP contribution is -2.34. The van der Waals surface area contributed by atoms with Crippen LogP contribution in [0.3, 0.4) is 0 Å². The quantitative estimate of drug-likeness (QED) is 0.277. The first-order valence-electron chi connectivity index (χ1n) is 13.2. The summed E-state index contributed by atoms with van der Waals surface area (Å²) in [5, 5.41) is 15.3. The molecular formula is C29H34N4O7S. The molecule has 0 saturated heterocycles. The Kier molecular flexibility index (Phi) is 9.11. The molecule has 1 aliphatic carbocycles. The van der Waals surface area contributed by atoms with Crippen molar-refractivity contribution < 1.29 is 33.7 Å². The van der Waals surface area contributed by atoms with Gasteiger partial charge in [-0.05, 0) is 76.8 Å². The van der Waals surface area contributed by atoms with Gasteiger partial charge < -0.3 is 30.0 Å². The van der Waals surface area contributed by atoms with E-state index in [2.05, 4.69) is 20.6 Å². The molecular weight excluding hydrogens is 548 g/mol. The van der Waals surface area contributed by atoms with Crippen LogP contribution < -0.4 is 20.1 Å². The van der Waals surface area contributed by atoms with Gasteiger partial charge in [-0.15, -0.1) is 11.3 Å². The number of nitrogens with zero attached hydrogens (tertiary/aromatic N) is 2. The summed E-state index contributed by atoms with van der Waals surface area (Å²) in [4.78, 5) is 46.4. The summed E-state index contributed by atoms with van der Waals surface area (Å²) in [7, 11) is 1.58. The molecule has 41 heavy (non-hydrogen) atoms.